The molecule has 0 spiro atoms. The lowest BCUT2D eigenvalue weighted by Crippen LogP contribution is -2.41. The van der Waals surface area contributed by atoms with Crippen LogP contribution in [0.1, 0.15) is 38.4 Å². The summed E-state index contributed by atoms with van der Waals surface area (Å²) in [4.78, 5) is 5.54. The molecule has 108 valence electrons. The lowest BCUT2D eigenvalue weighted by atomic mass is 9.91. The lowest BCUT2D eigenvalue weighted by molar-refractivity contribution is -0.144. The van der Waals surface area contributed by atoms with E-state index in [1.807, 2.05) is 11.8 Å². The summed E-state index contributed by atoms with van der Waals surface area (Å²) in [5, 5.41) is 0.357. The van der Waals surface area contributed by atoms with Gasteiger partial charge in [0.15, 0.2) is 0 Å². The van der Waals surface area contributed by atoms with Gasteiger partial charge >= 0.3 is 6.18 Å². The minimum Gasteiger partial charge on any atom is -0.344 e. The normalized spacial score (nSPS) is 24.5. The predicted octanol–water partition coefficient (Wildman–Crippen LogP) is 2.65. The zero-order valence-corrected chi connectivity index (χ0v) is 11.5. The Balaban J connectivity index is 2.11. The average Bonchev–Trinajstić information content (AvgIpc) is 2.82. The molecule has 0 saturated heterocycles. The Morgan fingerprint density at radius 3 is 2.42 bits per heavy atom. The standard InChI is InChI=1S/C11H17F3N4S/c1-2-18(8-5-3-7(15)4-6-8)10-16-9(17-19-10)11(12,13)14/h7-8H,2-6,15H2,1H3. The number of nitrogens with two attached hydrogens (primary N) is 1. The van der Waals surface area contributed by atoms with Gasteiger partial charge in [-0.25, -0.2) is 0 Å². The number of hydrogen-bond donors (Lipinski definition) is 1. The molecule has 1 aromatic heterocycles. The summed E-state index contributed by atoms with van der Waals surface area (Å²) in [5.74, 6) is -1.04. The molecule has 4 nitrogen and oxygen atoms in total. The average molecular weight is 294 g/mol. The highest BCUT2D eigenvalue weighted by Crippen LogP contribution is 2.32. The molecule has 0 amide bonds. The third-order valence-electron chi connectivity index (χ3n) is 3.44. The summed E-state index contributed by atoms with van der Waals surface area (Å²) in [6.07, 6.45) is -0.854. The van der Waals surface area contributed by atoms with Crippen molar-refractivity contribution < 1.29 is 13.2 Å². The van der Waals surface area contributed by atoms with Crippen molar-refractivity contribution in [2.75, 3.05) is 11.4 Å². The van der Waals surface area contributed by atoms with Crippen molar-refractivity contribution in [2.24, 2.45) is 5.73 Å². The first-order valence-electron chi connectivity index (χ1n) is 6.35. The molecule has 0 radical (unpaired) electrons. The van der Waals surface area contributed by atoms with E-state index in [4.69, 9.17) is 5.73 Å². The molecule has 1 heterocycles. The monoisotopic (exact) mass is 294 g/mol. The Kier molecular flexibility index (Phi) is 4.29. The fourth-order valence-corrected chi connectivity index (χ4v) is 3.23. The van der Waals surface area contributed by atoms with Crippen LogP contribution >= 0.6 is 11.5 Å². The highest BCUT2D eigenvalue weighted by molar-refractivity contribution is 7.09. The molecule has 8 heteroatoms. The van der Waals surface area contributed by atoms with Gasteiger partial charge in [-0.1, -0.05) is 0 Å². The SMILES string of the molecule is CCN(c1nc(C(F)(F)F)ns1)C1CCC(N)CC1. The molecule has 0 aromatic carbocycles. The van der Waals surface area contributed by atoms with Crippen molar-refractivity contribution in [1.82, 2.24) is 9.36 Å². The van der Waals surface area contributed by atoms with Crippen LogP contribution in [0.5, 0.6) is 0 Å². The van der Waals surface area contributed by atoms with Crippen LogP contribution in [-0.4, -0.2) is 28.0 Å². The number of alkyl halides is 3. The molecule has 1 aromatic rings. The molecule has 0 aliphatic heterocycles. The van der Waals surface area contributed by atoms with Gasteiger partial charge in [-0.05, 0) is 32.6 Å². The quantitative estimate of drug-likeness (QED) is 0.931. The molecule has 2 rings (SSSR count). The van der Waals surface area contributed by atoms with Crippen molar-refractivity contribution in [2.45, 2.75) is 50.9 Å². The fraction of sp³-hybridized carbons (Fsp3) is 0.818. The van der Waals surface area contributed by atoms with Crippen molar-refractivity contribution in [3.8, 4) is 0 Å². The van der Waals surface area contributed by atoms with Crippen molar-refractivity contribution in [3.63, 3.8) is 0 Å². The van der Waals surface area contributed by atoms with Gasteiger partial charge in [-0.2, -0.15) is 22.5 Å². The maximum Gasteiger partial charge on any atom is 0.452 e. The lowest BCUT2D eigenvalue weighted by Gasteiger charge is -2.35. The van der Waals surface area contributed by atoms with E-state index in [0.29, 0.717) is 11.7 Å². The third-order valence-corrected chi connectivity index (χ3v) is 4.19. The largest absolute Gasteiger partial charge is 0.452 e. The van der Waals surface area contributed by atoms with E-state index in [0.717, 1.165) is 37.2 Å². The van der Waals surface area contributed by atoms with Gasteiger partial charge in [0, 0.05) is 30.2 Å². The first kappa shape index (κ1) is 14.5. The minimum absolute atomic E-state index is 0.218. The van der Waals surface area contributed by atoms with Crippen LogP contribution in [0.4, 0.5) is 18.3 Å². The van der Waals surface area contributed by atoms with Gasteiger partial charge in [0.2, 0.25) is 11.0 Å². The summed E-state index contributed by atoms with van der Waals surface area (Å²) < 4.78 is 40.9. The van der Waals surface area contributed by atoms with Gasteiger partial charge < -0.3 is 10.6 Å². The van der Waals surface area contributed by atoms with Gasteiger partial charge in [0.25, 0.3) is 0 Å². The van der Waals surface area contributed by atoms with E-state index in [9.17, 15) is 13.2 Å². The summed E-state index contributed by atoms with van der Waals surface area (Å²) >= 11 is 0.817. The van der Waals surface area contributed by atoms with Crippen LogP contribution in [0.15, 0.2) is 0 Å². The summed E-state index contributed by atoms with van der Waals surface area (Å²) in [6.45, 7) is 2.55. The van der Waals surface area contributed by atoms with Gasteiger partial charge in [-0.3, -0.25) is 0 Å². The topological polar surface area (TPSA) is 55.0 Å². The van der Waals surface area contributed by atoms with Crippen LogP contribution in [0.2, 0.25) is 0 Å². The number of hydrogen-bond acceptors (Lipinski definition) is 5. The Morgan fingerprint density at radius 1 is 1.32 bits per heavy atom. The fourth-order valence-electron chi connectivity index (χ4n) is 2.41. The second-order valence-corrected chi connectivity index (χ2v) is 5.48. The maximum absolute atomic E-state index is 12.5. The van der Waals surface area contributed by atoms with Crippen molar-refractivity contribution in [1.29, 1.82) is 0 Å². The number of aromatic nitrogens is 2. The Labute approximate surface area is 114 Å². The second-order valence-electron chi connectivity index (χ2n) is 4.75. The molecule has 0 unspecified atom stereocenters. The molecule has 19 heavy (non-hydrogen) atoms. The zero-order valence-electron chi connectivity index (χ0n) is 10.7. The van der Waals surface area contributed by atoms with E-state index < -0.39 is 12.0 Å². The third kappa shape index (κ3) is 3.36. The first-order valence-corrected chi connectivity index (χ1v) is 7.12. The van der Waals surface area contributed by atoms with Crippen LogP contribution in [0.3, 0.4) is 0 Å². The van der Waals surface area contributed by atoms with Crippen LogP contribution in [0, 0.1) is 0 Å². The number of halogens is 3. The van der Waals surface area contributed by atoms with Crippen molar-refractivity contribution in [3.05, 3.63) is 5.82 Å². The highest BCUT2D eigenvalue weighted by atomic mass is 32.1. The molecular formula is C11H17F3N4S. The van der Waals surface area contributed by atoms with Crippen LogP contribution in [0.25, 0.3) is 0 Å². The highest BCUT2D eigenvalue weighted by Gasteiger charge is 2.37. The van der Waals surface area contributed by atoms with Crippen molar-refractivity contribution >= 4 is 16.7 Å². The number of nitrogens with zero attached hydrogens (tertiary/aromatic N) is 3. The van der Waals surface area contributed by atoms with E-state index in [2.05, 4.69) is 9.36 Å². The summed E-state index contributed by atoms with van der Waals surface area (Å²) in [7, 11) is 0. The minimum atomic E-state index is -4.47. The summed E-state index contributed by atoms with van der Waals surface area (Å²) in [6, 6.07) is 0.439. The molecular weight excluding hydrogens is 277 g/mol. The maximum atomic E-state index is 12.5. The summed E-state index contributed by atoms with van der Waals surface area (Å²) in [5.41, 5.74) is 5.85. The molecule has 1 fully saturated rings. The predicted molar refractivity (Wildman–Crippen MR) is 68.2 cm³/mol. The smallest absolute Gasteiger partial charge is 0.344 e. The molecule has 1 saturated carbocycles. The van der Waals surface area contributed by atoms with Gasteiger partial charge in [0.05, 0.1) is 0 Å². The number of anilines is 1. The zero-order chi connectivity index (χ0) is 14.0. The molecule has 0 bridgehead atoms. The van der Waals surface area contributed by atoms with E-state index >= 15 is 0 Å². The molecule has 1 aliphatic rings. The Bertz CT molecular complexity index is 412. The van der Waals surface area contributed by atoms with E-state index in [1.54, 1.807) is 0 Å². The van der Waals surface area contributed by atoms with Gasteiger partial charge in [-0.15, -0.1) is 0 Å². The Hall–Kier alpha value is -0.890. The number of rotatable bonds is 3. The first-order chi connectivity index (χ1) is 8.91. The molecule has 0 atom stereocenters. The van der Waals surface area contributed by atoms with Crippen LogP contribution in [-0.2, 0) is 6.18 Å². The van der Waals surface area contributed by atoms with E-state index in [-0.39, 0.29) is 12.1 Å². The van der Waals surface area contributed by atoms with Crippen LogP contribution < -0.4 is 10.6 Å². The second kappa shape index (κ2) is 5.62. The van der Waals surface area contributed by atoms with Gasteiger partial charge in [0.1, 0.15) is 0 Å². The molecule has 1 aliphatic carbocycles. The molecule has 2 N–H and O–H groups in total. The van der Waals surface area contributed by atoms with E-state index in [1.165, 1.54) is 0 Å². The Morgan fingerprint density at radius 2 is 1.95 bits per heavy atom.